The molecule has 0 N–H and O–H groups in total. The van der Waals surface area contributed by atoms with Crippen molar-refractivity contribution >= 4 is 31.8 Å². The molecule has 33 heavy (non-hydrogen) atoms. The van der Waals surface area contributed by atoms with E-state index >= 15 is 0 Å². The van der Waals surface area contributed by atoms with Crippen LogP contribution in [0.3, 0.4) is 0 Å². The third-order valence-electron chi connectivity index (χ3n) is 6.43. The van der Waals surface area contributed by atoms with Crippen LogP contribution in [-0.2, 0) is 24.3 Å². The lowest BCUT2D eigenvalue weighted by molar-refractivity contribution is -0.0573. The summed E-state index contributed by atoms with van der Waals surface area (Å²) in [6.07, 6.45) is 1.85. The first-order valence-corrected chi connectivity index (χ1v) is 12.3. The molecule has 1 atom stereocenters. The molecule has 0 amide bonds. The molecule has 3 aromatic heterocycles. The van der Waals surface area contributed by atoms with Crippen LogP contribution in [0.15, 0.2) is 35.1 Å². The summed E-state index contributed by atoms with van der Waals surface area (Å²) < 4.78 is 14.2. The predicted octanol–water partition coefficient (Wildman–Crippen LogP) is 5.39. The summed E-state index contributed by atoms with van der Waals surface area (Å²) in [4.78, 5) is 24.1. The highest BCUT2D eigenvalue weighted by Crippen LogP contribution is 2.35. The molecule has 0 radical (unpaired) electrons. The molecule has 1 aromatic carbocycles. The molecule has 4 heterocycles. The van der Waals surface area contributed by atoms with Gasteiger partial charge in [-0.15, -0.1) is 11.3 Å². The van der Waals surface area contributed by atoms with E-state index in [1.165, 1.54) is 11.3 Å². The Balaban J connectivity index is 1.54. The van der Waals surface area contributed by atoms with E-state index in [4.69, 9.17) is 19.4 Å². The van der Waals surface area contributed by atoms with Crippen molar-refractivity contribution in [1.29, 1.82) is 0 Å². The van der Waals surface area contributed by atoms with Gasteiger partial charge in [-0.2, -0.15) is 0 Å². The molecule has 4 aromatic rings. The average molecular weight is 464 g/mol. The van der Waals surface area contributed by atoms with E-state index in [-0.39, 0.29) is 17.3 Å². The van der Waals surface area contributed by atoms with Crippen LogP contribution in [0.5, 0.6) is 5.75 Å². The average Bonchev–Trinajstić information content (AvgIpc) is 3.13. The fourth-order valence-electron chi connectivity index (χ4n) is 4.31. The summed E-state index contributed by atoms with van der Waals surface area (Å²) in [6, 6.07) is 10.0. The molecule has 1 aliphatic heterocycles. The quantitative estimate of drug-likeness (QED) is 0.397. The zero-order chi connectivity index (χ0) is 23.3. The van der Waals surface area contributed by atoms with E-state index in [2.05, 4.69) is 19.9 Å². The lowest BCUT2D eigenvalue weighted by Crippen LogP contribution is -2.35. The number of rotatable bonds is 5. The number of ether oxygens (including phenoxy) is 2. The van der Waals surface area contributed by atoms with Crippen molar-refractivity contribution in [3.8, 4) is 5.75 Å². The molecule has 172 valence electrons. The largest absolute Gasteiger partial charge is 0.491 e. The summed E-state index contributed by atoms with van der Waals surface area (Å²) in [7, 11) is 0. The number of aromatic nitrogens is 3. The molecule has 1 aliphatic rings. The van der Waals surface area contributed by atoms with Crippen molar-refractivity contribution in [3.05, 3.63) is 63.3 Å². The predicted molar refractivity (Wildman–Crippen MR) is 132 cm³/mol. The van der Waals surface area contributed by atoms with Crippen molar-refractivity contribution in [2.45, 2.75) is 72.3 Å². The minimum absolute atomic E-state index is 0.0179. The van der Waals surface area contributed by atoms with Crippen molar-refractivity contribution in [3.63, 3.8) is 0 Å². The van der Waals surface area contributed by atoms with Crippen LogP contribution in [0.2, 0.25) is 0 Å². The Labute approximate surface area is 197 Å². The van der Waals surface area contributed by atoms with Crippen LogP contribution in [0, 0.1) is 6.92 Å². The summed E-state index contributed by atoms with van der Waals surface area (Å²) in [6.45, 7) is 11.2. The van der Waals surface area contributed by atoms with Crippen LogP contribution < -0.4 is 10.3 Å². The van der Waals surface area contributed by atoms with Crippen molar-refractivity contribution in [2.75, 3.05) is 0 Å². The molecule has 0 bridgehead atoms. The van der Waals surface area contributed by atoms with Gasteiger partial charge in [0.2, 0.25) is 0 Å². The maximum Gasteiger partial charge on any atom is 0.271 e. The number of pyridine rings is 1. The van der Waals surface area contributed by atoms with Gasteiger partial charge < -0.3 is 9.47 Å². The Morgan fingerprint density at radius 2 is 2.00 bits per heavy atom. The van der Waals surface area contributed by atoms with Gasteiger partial charge in [-0.05, 0) is 57.9 Å². The van der Waals surface area contributed by atoms with Crippen molar-refractivity contribution < 1.29 is 9.47 Å². The highest BCUT2D eigenvalue weighted by atomic mass is 32.1. The minimum atomic E-state index is -0.179. The number of benzene rings is 1. The molecule has 0 aliphatic carbocycles. The number of hydrogen-bond donors (Lipinski definition) is 0. The molecule has 0 saturated heterocycles. The van der Waals surface area contributed by atoms with Crippen molar-refractivity contribution in [1.82, 2.24) is 14.5 Å². The normalized spacial score (nSPS) is 18.2. The van der Waals surface area contributed by atoms with E-state index < -0.39 is 0 Å². The fourth-order valence-corrected chi connectivity index (χ4v) is 5.38. The second kappa shape index (κ2) is 8.22. The maximum atomic E-state index is 13.5. The Bertz CT molecular complexity index is 1400. The molecular formula is C26H29N3O3S. The summed E-state index contributed by atoms with van der Waals surface area (Å²) in [5.41, 5.74) is 3.75. The third-order valence-corrected chi connectivity index (χ3v) is 7.51. The number of nitrogens with zero attached hydrogens (tertiary/aromatic N) is 3. The molecule has 6 nitrogen and oxygen atoms in total. The maximum absolute atomic E-state index is 13.5. The van der Waals surface area contributed by atoms with Gasteiger partial charge in [0.1, 0.15) is 21.1 Å². The standard InChI is InChI=1S/C26H29N3O3S/c1-6-26(5)12-21-18(14-31-26)11-20-22-23(33-24(20)28-21)25(30)29(16(4)27-22)13-17-7-9-19(10-8-17)32-15(2)3/h7-11,15H,6,12-14H2,1-5H3. The number of aryl methyl sites for hydroxylation is 1. The van der Waals surface area contributed by atoms with Crippen LogP contribution in [0.1, 0.15) is 56.8 Å². The molecule has 0 fully saturated rings. The van der Waals surface area contributed by atoms with Gasteiger partial charge in [-0.25, -0.2) is 9.97 Å². The summed E-state index contributed by atoms with van der Waals surface area (Å²) in [5.74, 6) is 1.52. The lowest BCUT2D eigenvalue weighted by atomic mass is 9.91. The highest BCUT2D eigenvalue weighted by molar-refractivity contribution is 7.25. The number of fused-ring (bicyclic) bond motifs is 4. The van der Waals surface area contributed by atoms with Crippen molar-refractivity contribution in [2.24, 2.45) is 0 Å². The Morgan fingerprint density at radius 3 is 2.70 bits per heavy atom. The van der Waals surface area contributed by atoms with E-state index in [1.807, 2.05) is 45.0 Å². The highest BCUT2D eigenvalue weighted by Gasteiger charge is 2.31. The number of hydrogen-bond acceptors (Lipinski definition) is 6. The van der Waals surface area contributed by atoms with Gasteiger partial charge in [-0.1, -0.05) is 19.1 Å². The van der Waals surface area contributed by atoms with Crippen LogP contribution >= 0.6 is 11.3 Å². The van der Waals surface area contributed by atoms with Gasteiger partial charge in [0.25, 0.3) is 5.56 Å². The first-order valence-electron chi connectivity index (χ1n) is 11.5. The van der Waals surface area contributed by atoms with Crippen LogP contribution in [0.4, 0.5) is 0 Å². The van der Waals surface area contributed by atoms with Gasteiger partial charge >= 0.3 is 0 Å². The second-order valence-corrected chi connectivity index (χ2v) is 10.4. The van der Waals surface area contributed by atoms with E-state index in [9.17, 15) is 4.79 Å². The Hall–Kier alpha value is -2.77. The topological polar surface area (TPSA) is 66.2 Å². The van der Waals surface area contributed by atoms with E-state index in [1.54, 1.807) is 4.57 Å². The summed E-state index contributed by atoms with van der Waals surface area (Å²) >= 11 is 1.44. The van der Waals surface area contributed by atoms with E-state index in [0.717, 1.165) is 51.1 Å². The second-order valence-electron chi connectivity index (χ2n) is 9.36. The van der Waals surface area contributed by atoms with Gasteiger partial charge in [0.15, 0.2) is 0 Å². The SMILES string of the molecule is CCC1(C)Cc2nc3sc4c(=O)n(Cc5ccc(OC(C)C)cc5)c(C)nc4c3cc2CO1. The zero-order valence-corrected chi connectivity index (χ0v) is 20.6. The first-order chi connectivity index (χ1) is 15.8. The fraction of sp³-hybridized carbons (Fsp3) is 0.423. The monoisotopic (exact) mass is 463 g/mol. The lowest BCUT2D eigenvalue weighted by Gasteiger charge is -2.33. The minimum Gasteiger partial charge on any atom is -0.491 e. The molecular weight excluding hydrogens is 434 g/mol. The zero-order valence-electron chi connectivity index (χ0n) is 19.8. The Morgan fingerprint density at radius 1 is 1.24 bits per heavy atom. The van der Waals surface area contributed by atoms with Crippen LogP contribution in [0.25, 0.3) is 20.4 Å². The molecule has 0 saturated carbocycles. The first kappa shape index (κ1) is 22.0. The molecule has 7 heteroatoms. The molecule has 5 rings (SSSR count). The van der Waals surface area contributed by atoms with Gasteiger partial charge in [0.05, 0.1) is 36.1 Å². The summed E-state index contributed by atoms with van der Waals surface area (Å²) in [5, 5.41) is 0.944. The van der Waals surface area contributed by atoms with Gasteiger partial charge in [0, 0.05) is 17.4 Å². The van der Waals surface area contributed by atoms with E-state index in [0.29, 0.717) is 23.7 Å². The molecule has 1 unspecified atom stereocenters. The van der Waals surface area contributed by atoms with Crippen LogP contribution in [-0.4, -0.2) is 26.2 Å². The third kappa shape index (κ3) is 4.04. The molecule has 0 spiro atoms. The smallest absolute Gasteiger partial charge is 0.271 e. The number of thiophene rings is 1. The van der Waals surface area contributed by atoms with Gasteiger partial charge in [-0.3, -0.25) is 9.36 Å². The Kier molecular flexibility index (Phi) is 5.49.